The van der Waals surface area contributed by atoms with Crippen molar-refractivity contribution < 1.29 is 14.1 Å². The highest BCUT2D eigenvalue weighted by Gasteiger charge is 2.24. The number of fused-ring (bicyclic) bond motifs is 1. The van der Waals surface area contributed by atoms with E-state index in [4.69, 9.17) is 9.26 Å². The van der Waals surface area contributed by atoms with E-state index in [1.165, 1.54) is 11.1 Å². The summed E-state index contributed by atoms with van der Waals surface area (Å²) in [5.41, 5.74) is 2.45. The van der Waals surface area contributed by atoms with Gasteiger partial charge < -0.3 is 19.9 Å². The van der Waals surface area contributed by atoms with Crippen LogP contribution in [0, 0.1) is 0 Å². The second-order valence-corrected chi connectivity index (χ2v) is 5.77. The number of aromatic nitrogens is 2. The van der Waals surface area contributed by atoms with Gasteiger partial charge in [0.15, 0.2) is 5.82 Å². The molecule has 0 saturated carbocycles. The maximum Gasteiger partial charge on any atom is 0.246 e. The Morgan fingerprint density at radius 1 is 1.46 bits per heavy atom. The predicted molar refractivity (Wildman–Crippen MR) is 87.0 cm³/mol. The zero-order chi connectivity index (χ0) is 16.9. The zero-order valence-electron chi connectivity index (χ0n) is 13.9. The molecular weight excluding hydrogens is 308 g/mol. The van der Waals surface area contributed by atoms with Crippen LogP contribution in [0.25, 0.3) is 0 Å². The lowest BCUT2D eigenvalue weighted by Crippen LogP contribution is -2.47. The van der Waals surface area contributed by atoms with Crippen molar-refractivity contribution in [1.29, 1.82) is 0 Å². The molecule has 24 heavy (non-hydrogen) atoms. The van der Waals surface area contributed by atoms with E-state index in [9.17, 15) is 4.79 Å². The third-order valence-corrected chi connectivity index (χ3v) is 4.08. The van der Waals surface area contributed by atoms with E-state index in [-0.39, 0.29) is 24.6 Å². The van der Waals surface area contributed by atoms with Crippen LogP contribution in [0.5, 0.6) is 0 Å². The number of rotatable bonds is 6. The number of ether oxygens (including phenoxy) is 1. The molecule has 2 aromatic rings. The minimum absolute atomic E-state index is 0.0675. The summed E-state index contributed by atoms with van der Waals surface area (Å²) in [4.78, 5) is 16.6. The van der Waals surface area contributed by atoms with Crippen molar-refractivity contribution in [2.24, 2.45) is 0 Å². The lowest BCUT2D eigenvalue weighted by molar-refractivity contribution is -0.123. The van der Waals surface area contributed by atoms with Gasteiger partial charge >= 0.3 is 0 Å². The van der Waals surface area contributed by atoms with Gasteiger partial charge in [0.05, 0.1) is 12.6 Å². The topological polar surface area (TPSA) is 89.3 Å². The first-order chi connectivity index (χ1) is 11.7. The van der Waals surface area contributed by atoms with Crippen LogP contribution in [0.15, 0.2) is 28.8 Å². The number of carbonyl (C=O) groups is 1. The minimum atomic E-state index is -0.246. The number of benzene rings is 1. The maximum atomic E-state index is 12.3. The summed E-state index contributed by atoms with van der Waals surface area (Å²) in [5, 5.41) is 9.97. The SMILES string of the molecule is CCOC(C)c1noc(CNC(=O)C2Cc3ccccc3CN2)n1. The van der Waals surface area contributed by atoms with Gasteiger partial charge in [-0.1, -0.05) is 29.4 Å². The average molecular weight is 330 g/mol. The van der Waals surface area contributed by atoms with E-state index in [2.05, 4.69) is 32.9 Å². The average Bonchev–Trinajstić information content (AvgIpc) is 3.08. The van der Waals surface area contributed by atoms with E-state index in [0.29, 0.717) is 31.3 Å². The summed E-state index contributed by atoms with van der Waals surface area (Å²) >= 11 is 0. The number of amides is 1. The molecule has 7 nitrogen and oxygen atoms in total. The number of hydrogen-bond donors (Lipinski definition) is 2. The molecule has 2 N–H and O–H groups in total. The fourth-order valence-electron chi connectivity index (χ4n) is 2.76. The van der Waals surface area contributed by atoms with Crippen molar-refractivity contribution in [3.63, 3.8) is 0 Å². The van der Waals surface area contributed by atoms with E-state index >= 15 is 0 Å². The fraction of sp³-hybridized carbons (Fsp3) is 0.471. The van der Waals surface area contributed by atoms with E-state index in [1.807, 2.05) is 26.0 Å². The molecule has 128 valence electrons. The highest BCUT2D eigenvalue weighted by molar-refractivity contribution is 5.82. The normalized spacial score (nSPS) is 18.0. The molecule has 0 fully saturated rings. The third kappa shape index (κ3) is 3.80. The first-order valence-electron chi connectivity index (χ1n) is 8.19. The Balaban J connectivity index is 1.53. The summed E-state index contributed by atoms with van der Waals surface area (Å²) in [6.45, 7) is 5.26. The van der Waals surface area contributed by atoms with Gasteiger partial charge in [0.1, 0.15) is 6.10 Å². The molecule has 0 bridgehead atoms. The number of hydrogen-bond acceptors (Lipinski definition) is 6. The highest BCUT2D eigenvalue weighted by atomic mass is 16.5. The van der Waals surface area contributed by atoms with Crippen molar-refractivity contribution in [3.05, 3.63) is 47.1 Å². The molecule has 0 aliphatic carbocycles. The molecule has 2 unspecified atom stereocenters. The van der Waals surface area contributed by atoms with Gasteiger partial charge in [0.25, 0.3) is 0 Å². The zero-order valence-corrected chi connectivity index (χ0v) is 13.9. The van der Waals surface area contributed by atoms with Crippen molar-refractivity contribution in [2.75, 3.05) is 6.61 Å². The molecule has 1 aromatic heterocycles. The number of nitrogens with zero attached hydrogens (tertiary/aromatic N) is 2. The number of nitrogens with one attached hydrogen (secondary N) is 2. The first-order valence-corrected chi connectivity index (χ1v) is 8.19. The van der Waals surface area contributed by atoms with Crippen LogP contribution in [0.2, 0.25) is 0 Å². The summed E-state index contributed by atoms with van der Waals surface area (Å²) < 4.78 is 10.6. The van der Waals surface area contributed by atoms with Gasteiger partial charge in [-0.3, -0.25) is 4.79 Å². The van der Waals surface area contributed by atoms with Crippen LogP contribution in [0.1, 0.15) is 42.8 Å². The molecule has 1 aliphatic heterocycles. The second kappa shape index (κ2) is 7.55. The lowest BCUT2D eigenvalue weighted by Gasteiger charge is -2.25. The van der Waals surface area contributed by atoms with Gasteiger partial charge in [-0.2, -0.15) is 4.98 Å². The summed E-state index contributed by atoms with van der Waals surface area (Å²) in [6, 6.07) is 7.91. The van der Waals surface area contributed by atoms with Gasteiger partial charge in [0, 0.05) is 13.2 Å². The monoisotopic (exact) mass is 330 g/mol. The summed E-state index contributed by atoms with van der Waals surface area (Å²) in [6.07, 6.45) is 0.457. The van der Waals surface area contributed by atoms with Crippen LogP contribution in [-0.4, -0.2) is 28.7 Å². The second-order valence-electron chi connectivity index (χ2n) is 5.77. The lowest BCUT2D eigenvalue weighted by atomic mass is 9.95. The van der Waals surface area contributed by atoms with Gasteiger partial charge in [-0.15, -0.1) is 0 Å². The maximum absolute atomic E-state index is 12.3. The van der Waals surface area contributed by atoms with Crippen molar-refractivity contribution in [1.82, 2.24) is 20.8 Å². The van der Waals surface area contributed by atoms with Gasteiger partial charge in [-0.25, -0.2) is 0 Å². The summed E-state index contributed by atoms with van der Waals surface area (Å²) in [7, 11) is 0. The third-order valence-electron chi connectivity index (χ3n) is 4.08. The number of carbonyl (C=O) groups excluding carboxylic acids is 1. The summed E-state index contributed by atoms with van der Waals surface area (Å²) in [5.74, 6) is 0.800. The van der Waals surface area contributed by atoms with E-state index in [0.717, 1.165) is 0 Å². The Kier molecular flexibility index (Phi) is 5.22. The fourth-order valence-corrected chi connectivity index (χ4v) is 2.76. The van der Waals surface area contributed by atoms with Crippen LogP contribution in [0.3, 0.4) is 0 Å². The Morgan fingerprint density at radius 3 is 3.04 bits per heavy atom. The molecule has 2 heterocycles. The van der Waals surface area contributed by atoms with E-state index < -0.39 is 0 Å². The van der Waals surface area contributed by atoms with Crippen LogP contribution < -0.4 is 10.6 Å². The van der Waals surface area contributed by atoms with E-state index in [1.54, 1.807) is 0 Å². The van der Waals surface area contributed by atoms with Gasteiger partial charge in [0.2, 0.25) is 11.8 Å². The molecule has 1 aromatic carbocycles. The van der Waals surface area contributed by atoms with Gasteiger partial charge in [-0.05, 0) is 31.4 Å². The molecule has 2 atom stereocenters. The van der Waals surface area contributed by atoms with Crippen LogP contribution in [-0.2, 0) is 29.0 Å². The minimum Gasteiger partial charge on any atom is -0.371 e. The van der Waals surface area contributed by atoms with Crippen molar-refractivity contribution >= 4 is 5.91 Å². The largest absolute Gasteiger partial charge is 0.371 e. The molecule has 7 heteroatoms. The Hall–Kier alpha value is -2.25. The molecule has 0 spiro atoms. The smallest absolute Gasteiger partial charge is 0.246 e. The molecule has 0 radical (unpaired) electrons. The Labute approximate surface area is 140 Å². The van der Waals surface area contributed by atoms with Crippen molar-refractivity contribution in [2.45, 2.75) is 45.5 Å². The molecular formula is C17H22N4O3. The Morgan fingerprint density at radius 2 is 2.25 bits per heavy atom. The van der Waals surface area contributed by atoms with Crippen molar-refractivity contribution in [3.8, 4) is 0 Å². The standard InChI is InChI=1S/C17H22N4O3/c1-3-23-11(2)16-20-15(24-21-16)10-19-17(22)14-8-12-6-4-5-7-13(12)9-18-14/h4-7,11,14,18H,3,8-10H2,1-2H3,(H,19,22). The van der Waals surface area contributed by atoms with Crippen LogP contribution >= 0.6 is 0 Å². The first kappa shape index (κ1) is 16.6. The molecule has 3 rings (SSSR count). The molecule has 1 aliphatic rings. The molecule has 1 amide bonds. The Bertz CT molecular complexity index is 701. The highest BCUT2D eigenvalue weighted by Crippen LogP contribution is 2.16. The van der Waals surface area contributed by atoms with Crippen LogP contribution in [0.4, 0.5) is 0 Å². The molecule has 0 saturated heterocycles. The predicted octanol–water partition coefficient (Wildman–Crippen LogP) is 1.50. The quantitative estimate of drug-likeness (QED) is 0.834.